The van der Waals surface area contributed by atoms with Gasteiger partial charge in [-0.3, -0.25) is 4.79 Å². The van der Waals surface area contributed by atoms with E-state index in [-0.39, 0.29) is 11.9 Å². The van der Waals surface area contributed by atoms with Gasteiger partial charge in [-0.15, -0.1) is 0 Å². The number of carbonyl (C=O) groups excluding carboxylic acids is 1. The predicted octanol–water partition coefficient (Wildman–Crippen LogP) is 3.28. The molecule has 0 spiro atoms. The number of amides is 1. The Morgan fingerprint density at radius 3 is 2.25 bits per heavy atom. The number of carbonyl (C=O) groups is 1. The highest BCUT2D eigenvalue weighted by Gasteiger charge is 2.17. The summed E-state index contributed by atoms with van der Waals surface area (Å²) in [6, 6.07) is 14.1. The van der Waals surface area contributed by atoms with E-state index in [1.165, 1.54) is 5.56 Å². The van der Waals surface area contributed by atoms with Crippen molar-refractivity contribution in [3.8, 4) is 0 Å². The fourth-order valence-electron chi connectivity index (χ4n) is 2.42. The molecule has 2 atom stereocenters. The number of halogens is 1. The summed E-state index contributed by atoms with van der Waals surface area (Å²) in [5, 5.41) is 3.36. The van der Waals surface area contributed by atoms with Gasteiger partial charge < -0.3 is 16.8 Å². The Morgan fingerprint density at radius 1 is 1.04 bits per heavy atom. The zero-order valence-electron chi connectivity index (χ0n) is 14.0. The van der Waals surface area contributed by atoms with Crippen LogP contribution in [0.2, 0.25) is 5.02 Å². The zero-order chi connectivity index (χ0) is 17.7. The zero-order valence-corrected chi connectivity index (χ0v) is 14.8. The largest absolute Gasteiger partial charge is 0.353 e. The van der Waals surface area contributed by atoms with E-state index in [9.17, 15) is 4.79 Å². The van der Waals surface area contributed by atoms with Gasteiger partial charge in [0.2, 0.25) is 5.91 Å². The molecule has 5 heteroatoms. The van der Waals surface area contributed by atoms with Crippen LogP contribution in [0.1, 0.15) is 48.5 Å². The van der Waals surface area contributed by atoms with E-state index >= 15 is 0 Å². The van der Waals surface area contributed by atoms with Gasteiger partial charge in [0.05, 0.1) is 0 Å². The molecule has 0 fully saturated rings. The molecule has 0 bridgehead atoms. The predicted molar refractivity (Wildman–Crippen MR) is 98.8 cm³/mol. The third-order valence-corrected chi connectivity index (χ3v) is 4.25. The van der Waals surface area contributed by atoms with Crippen molar-refractivity contribution in [2.75, 3.05) is 6.54 Å². The van der Waals surface area contributed by atoms with E-state index in [0.717, 1.165) is 5.56 Å². The fourth-order valence-corrected chi connectivity index (χ4v) is 2.62. The van der Waals surface area contributed by atoms with Crippen molar-refractivity contribution in [2.45, 2.75) is 31.8 Å². The molecular formula is C19H24ClN3O. The van der Waals surface area contributed by atoms with Crippen molar-refractivity contribution < 1.29 is 4.79 Å². The Kier molecular flexibility index (Phi) is 6.37. The molecule has 5 N–H and O–H groups in total. The second kappa shape index (κ2) is 8.29. The lowest BCUT2D eigenvalue weighted by Gasteiger charge is -2.17. The van der Waals surface area contributed by atoms with E-state index in [2.05, 4.69) is 31.3 Å². The van der Waals surface area contributed by atoms with E-state index in [4.69, 9.17) is 23.1 Å². The maximum absolute atomic E-state index is 12.2. The van der Waals surface area contributed by atoms with Crippen molar-refractivity contribution in [1.82, 2.24) is 5.32 Å². The molecule has 24 heavy (non-hydrogen) atoms. The third kappa shape index (κ3) is 4.81. The minimum absolute atomic E-state index is 0.272. The molecule has 0 aliphatic heterocycles. The summed E-state index contributed by atoms with van der Waals surface area (Å²) in [7, 11) is 0. The van der Waals surface area contributed by atoms with E-state index in [1.807, 2.05) is 12.1 Å². The molecule has 0 saturated heterocycles. The molecule has 1 amide bonds. The van der Waals surface area contributed by atoms with Crippen LogP contribution in [0.25, 0.3) is 0 Å². The second-order valence-electron chi connectivity index (χ2n) is 6.21. The topological polar surface area (TPSA) is 81.1 Å². The first-order valence-corrected chi connectivity index (χ1v) is 8.40. The lowest BCUT2D eigenvalue weighted by atomic mass is 9.99. The van der Waals surface area contributed by atoms with Crippen molar-refractivity contribution >= 4 is 17.5 Å². The number of nitrogens with two attached hydrogens (primary N) is 2. The van der Waals surface area contributed by atoms with Crippen LogP contribution < -0.4 is 16.8 Å². The Hall–Kier alpha value is -1.88. The second-order valence-corrected chi connectivity index (χ2v) is 6.64. The molecule has 2 aromatic carbocycles. The van der Waals surface area contributed by atoms with Crippen molar-refractivity contribution in [3.63, 3.8) is 0 Å². The van der Waals surface area contributed by atoms with Crippen LogP contribution >= 0.6 is 11.6 Å². The summed E-state index contributed by atoms with van der Waals surface area (Å²) in [6.07, 6.45) is 0. The summed E-state index contributed by atoms with van der Waals surface area (Å²) < 4.78 is 0. The van der Waals surface area contributed by atoms with E-state index < -0.39 is 6.04 Å². The molecule has 0 radical (unpaired) electrons. The van der Waals surface area contributed by atoms with Gasteiger partial charge in [0, 0.05) is 17.6 Å². The van der Waals surface area contributed by atoms with Gasteiger partial charge in [0.15, 0.2) is 0 Å². The average molecular weight is 346 g/mol. The average Bonchev–Trinajstić information content (AvgIpc) is 2.58. The maximum atomic E-state index is 12.2. The highest BCUT2D eigenvalue weighted by molar-refractivity contribution is 6.30. The molecule has 0 saturated carbocycles. The Morgan fingerprint density at radius 2 is 1.67 bits per heavy atom. The first-order chi connectivity index (χ1) is 11.4. The summed E-state index contributed by atoms with van der Waals surface area (Å²) >= 11 is 5.93. The number of hydrogen-bond donors (Lipinski definition) is 3. The summed E-state index contributed by atoms with van der Waals surface area (Å²) in [5.74, 6) is 0.206. The van der Waals surface area contributed by atoms with Crippen molar-refractivity contribution in [2.24, 2.45) is 11.5 Å². The molecule has 128 valence electrons. The molecule has 0 heterocycles. The standard InChI is InChI=1S/C19H24ClN3O/c1-12(2)13-6-8-14(9-7-13)17(21)11-23-19(24)18(22)15-4-3-5-16(20)10-15/h3-10,12,17-18H,11,21-22H2,1-2H3,(H,23,24). The number of rotatable bonds is 6. The van der Waals surface area contributed by atoms with E-state index in [0.29, 0.717) is 23.0 Å². The molecule has 0 aromatic heterocycles. The van der Waals surface area contributed by atoms with Gasteiger partial charge in [-0.05, 0) is 34.7 Å². The number of hydrogen-bond acceptors (Lipinski definition) is 3. The summed E-state index contributed by atoms with van der Waals surface area (Å²) in [4.78, 5) is 12.2. The molecule has 0 aliphatic carbocycles. The molecule has 2 aromatic rings. The maximum Gasteiger partial charge on any atom is 0.241 e. The highest BCUT2D eigenvalue weighted by Crippen LogP contribution is 2.18. The van der Waals surface area contributed by atoms with Gasteiger partial charge in [0.1, 0.15) is 6.04 Å². The third-order valence-electron chi connectivity index (χ3n) is 4.02. The Labute approximate surface area is 148 Å². The Balaban J connectivity index is 1.93. The van der Waals surface area contributed by atoms with E-state index in [1.54, 1.807) is 24.3 Å². The van der Waals surface area contributed by atoms with Crippen LogP contribution in [0.4, 0.5) is 0 Å². The van der Waals surface area contributed by atoms with Crippen molar-refractivity contribution in [3.05, 3.63) is 70.2 Å². The van der Waals surface area contributed by atoms with Gasteiger partial charge in [-0.25, -0.2) is 0 Å². The van der Waals surface area contributed by atoms with Gasteiger partial charge in [-0.2, -0.15) is 0 Å². The van der Waals surface area contributed by atoms with Gasteiger partial charge >= 0.3 is 0 Å². The number of nitrogens with one attached hydrogen (secondary N) is 1. The smallest absolute Gasteiger partial charge is 0.241 e. The lowest BCUT2D eigenvalue weighted by molar-refractivity contribution is -0.122. The molecule has 4 nitrogen and oxygen atoms in total. The minimum atomic E-state index is -0.765. The van der Waals surface area contributed by atoms with Gasteiger partial charge in [0.25, 0.3) is 0 Å². The van der Waals surface area contributed by atoms with Crippen LogP contribution in [0, 0.1) is 0 Å². The molecule has 2 rings (SSSR count). The fraction of sp³-hybridized carbons (Fsp3) is 0.316. The van der Waals surface area contributed by atoms with Crippen LogP contribution in [-0.2, 0) is 4.79 Å². The molecule has 2 unspecified atom stereocenters. The van der Waals surface area contributed by atoms with Crippen LogP contribution in [0.15, 0.2) is 48.5 Å². The van der Waals surface area contributed by atoms with Crippen molar-refractivity contribution in [1.29, 1.82) is 0 Å². The summed E-state index contributed by atoms with van der Waals surface area (Å²) in [5.41, 5.74) is 15.0. The van der Waals surface area contributed by atoms with Gasteiger partial charge in [-0.1, -0.05) is 61.8 Å². The SMILES string of the molecule is CC(C)c1ccc(C(N)CNC(=O)C(N)c2cccc(Cl)c2)cc1. The molecule has 0 aliphatic rings. The highest BCUT2D eigenvalue weighted by atomic mass is 35.5. The Bertz CT molecular complexity index is 685. The first-order valence-electron chi connectivity index (χ1n) is 8.02. The quantitative estimate of drug-likeness (QED) is 0.751. The van der Waals surface area contributed by atoms with Crippen LogP contribution in [-0.4, -0.2) is 12.5 Å². The first kappa shape index (κ1) is 18.5. The van der Waals surface area contributed by atoms with Crippen LogP contribution in [0.5, 0.6) is 0 Å². The summed E-state index contributed by atoms with van der Waals surface area (Å²) in [6.45, 7) is 4.62. The number of benzene rings is 2. The van der Waals surface area contributed by atoms with Crippen LogP contribution in [0.3, 0.4) is 0 Å². The normalized spacial score (nSPS) is 13.6. The molecular weight excluding hydrogens is 322 g/mol. The lowest BCUT2D eigenvalue weighted by Crippen LogP contribution is -2.38. The monoisotopic (exact) mass is 345 g/mol. The minimum Gasteiger partial charge on any atom is -0.353 e.